The van der Waals surface area contributed by atoms with Crippen molar-refractivity contribution in [1.82, 2.24) is 14.8 Å². The molecule has 192 valence electrons. The molecule has 2 heterocycles. The van der Waals surface area contributed by atoms with Gasteiger partial charge in [0.05, 0.1) is 28.9 Å². The fourth-order valence-corrected chi connectivity index (χ4v) is 4.56. The zero-order chi connectivity index (χ0) is 27.0. The number of nitro groups is 1. The minimum atomic E-state index is -0.907. The first-order chi connectivity index (χ1) is 18.3. The maximum absolute atomic E-state index is 13.8. The molecule has 1 aliphatic heterocycles. The van der Waals surface area contributed by atoms with Gasteiger partial charge in [0.25, 0.3) is 11.6 Å². The molecule has 10 heteroatoms. The minimum absolute atomic E-state index is 0.121. The Kier molecular flexibility index (Phi) is 6.38. The van der Waals surface area contributed by atoms with Gasteiger partial charge in [-0.2, -0.15) is 4.98 Å². The van der Waals surface area contributed by atoms with Gasteiger partial charge in [0.15, 0.2) is 5.82 Å². The predicted octanol–water partition coefficient (Wildman–Crippen LogP) is 5.41. The van der Waals surface area contributed by atoms with Gasteiger partial charge < -0.3 is 15.4 Å². The fourth-order valence-electron chi connectivity index (χ4n) is 4.56. The Morgan fingerprint density at radius 1 is 1.05 bits per heavy atom. The number of aryl methyl sites for hydroxylation is 2. The number of aromatic nitrogens is 3. The maximum atomic E-state index is 13.8. The number of allylic oxidation sites excluding steroid dienone is 1. The van der Waals surface area contributed by atoms with Crippen molar-refractivity contribution in [3.63, 3.8) is 0 Å². The summed E-state index contributed by atoms with van der Waals surface area (Å²) in [6.07, 6.45) is 0. The largest absolute Gasteiger partial charge is 0.495 e. The monoisotopic (exact) mass is 510 g/mol. The van der Waals surface area contributed by atoms with Gasteiger partial charge in [-0.1, -0.05) is 36.4 Å². The van der Waals surface area contributed by atoms with Crippen molar-refractivity contribution in [3.8, 4) is 17.1 Å². The number of methoxy groups -OCH3 is 1. The summed E-state index contributed by atoms with van der Waals surface area (Å²) in [5.74, 6) is 0.867. The lowest BCUT2D eigenvalue weighted by Gasteiger charge is -2.28. The summed E-state index contributed by atoms with van der Waals surface area (Å²) in [7, 11) is 1.52. The Bertz CT molecular complexity index is 1610. The number of carbonyl (C=O) groups excluding carboxylic acids is 1. The zero-order valence-corrected chi connectivity index (χ0v) is 21.4. The summed E-state index contributed by atoms with van der Waals surface area (Å²) >= 11 is 0. The van der Waals surface area contributed by atoms with Crippen molar-refractivity contribution >= 4 is 23.2 Å². The van der Waals surface area contributed by atoms with E-state index >= 15 is 0 Å². The van der Waals surface area contributed by atoms with Crippen molar-refractivity contribution in [2.24, 2.45) is 0 Å². The number of hydrogen-bond donors (Lipinski definition) is 2. The van der Waals surface area contributed by atoms with E-state index in [1.807, 2.05) is 32.0 Å². The molecule has 1 aliphatic rings. The van der Waals surface area contributed by atoms with Crippen LogP contribution < -0.4 is 15.4 Å². The van der Waals surface area contributed by atoms with Gasteiger partial charge in [-0.05, 0) is 56.2 Å². The van der Waals surface area contributed by atoms with Crippen LogP contribution >= 0.6 is 0 Å². The first-order valence-corrected chi connectivity index (χ1v) is 12.0. The minimum Gasteiger partial charge on any atom is -0.495 e. The Balaban J connectivity index is 1.66. The van der Waals surface area contributed by atoms with Crippen LogP contribution in [0.25, 0.3) is 11.4 Å². The molecule has 10 nitrogen and oxygen atoms in total. The second-order valence-electron chi connectivity index (χ2n) is 9.04. The molecule has 0 saturated carbocycles. The van der Waals surface area contributed by atoms with Crippen molar-refractivity contribution in [3.05, 3.63) is 105 Å². The number of hydrogen-bond acceptors (Lipinski definition) is 7. The molecule has 4 aromatic rings. The van der Waals surface area contributed by atoms with E-state index in [-0.39, 0.29) is 11.3 Å². The predicted molar refractivity (Wildman–Crippen MR) is 144 cm³/mol. The van der Waals surface area contributed by atoms with Gasteiger partial charge in [-0.15, -0.1) is 5.10 Å². The highest BCUT2D eigenvalue weighted by atomic mass is 16.6. The van der Waals surface area contributed by atoms with Crippen LogP contribution in [0, 0.1) is 24.0 Å². The normalized spacial score (nSPS) is 14.5. The third kappa shape index (κ3) is 4.36. The lowest BCUT2D eigenvalue weighted by molar-refractivity contribution is -0.385. The van der Waals surface area contributed by atoms with Crippen LogP contribution in [0.4, 0.5) is 17.3 Å². The summed E-state index contributed by atoms with van der Waals surface area (Å²) in [6.45, 7) is 5.78. The fraction of sp³-hybridized carbons (Fsp3) is 0.179. The standard InChI is InChI=1S/C28H26N6O4/c1-16-13-14-19(15-17(16)2)26-31-28-29-18(3)24(27(35)30-21-10-6-8-12-23(21)38-4)25(33(28)32-26)20-9-5-7-11-22(20)34(36)37/h5-15,25H,1-4H3,(H,30,35)(H,29,31,32). The smallest absolute Gasteiger partial charge is 0.275 e. The molecule has 0 bridgehead atoms. The second kappa shape index (κ2) is 9.81. The van der Waals surface area contributed by atoms with E-state index in [1.54, 1.807) is 49.4 Å². The molecule has 0 saturated heterocycles. The van der Waals surface area contributed by atoms with Crippen LogP contribution in [-0.4, -0.2) is 32.7 Å². The molecule has 0 radical (unpaired) electrons. The van der Waals surface area contributed by atoms with E-state index in [9.17, 15) is 14.9 Å². The van der Waals surface area contributed by atoms with Crippen LogP contribution in [0.2, 0.25) is 0 Å². The summed E-state index contributed by atoms with van der Waals surface area (Å²) < 4.78 is 6.92. The van der Waals surface area contributed by atoms with Gasteiger partial charge in [-0.25, -0.2) is 4.68 Å². The molecule has 2 N–H and O–H groups in total. The highest BCUT2D eigenvalue weighted by Crippen LogP contribution is 2.40. The molecule has 1 atom stereocenters. The Morgan fingerprint density at radius 2 is 1.79 bits per heavy atom. The summed E-state index contributed by atoms with van der Waals surface area (Å²) in [4.78, 5) is 30.0. The first-order valence-electron chi connectivity index (χ1n) is 12.0. The highest BCUT2D eigenvalue weighted by molar-refractivity contribution is 6.06. The average molecular weight is 511 g/mol. The van der Waals surface area contributed by atoms with Crippen molar-refractivity contribution in [2.75, 3.05) is 17.7 Å². The zero-order valence-electron chi connectivity index (χ0n) is 21.4. The van der Waals surface area contributed by atoms with E-state index < -0.39 is 16.9 Å². The van der Waals surface area contributed by atoms with Gasteiger partial charge in [-0.3, -0.25) is 14.9 Å². The Morgan fingerprint density at radius 3 is 2.53 bits per heavy atom. The maximum Gasteiger partial charge on any atom is 0.275 e. The van der Waals surface area contributed by atoms with Gasteiger partial charge in [0, 0.05) is 17.3 Å². The van der Waals surface area contributed by atoms with E-state index in [0.717, 1.165) is 16.7 Å². The van der Waals surface area contributed by atoms with Crippen molar-refractivity contribution < 1.29 is 14.5 Å². The number of anilines is 2. The van der Waals surface area contributed by atoms with E-state index in [1.165, 1.54) is 17.9 Å². The number of para-hydroxylation sites is 3. The molecule has 0 spiro atoms. The number of rotatable bonds is 6. The molecule has 38 heavy (non-hydrogen) atoms. The third-order valence-corrected chi connectivity index (χ3v) is 6.65. The number of benzene rings is 3. The first kappa shape index (κ1) is 24.7. The van der Waals surface area contributed by atoms with Crippen LogP contribution in [0.5, 0.6) is 5.75 Å². The molecular weight excluding hydrogens is 484 g/mol. The molecule has 5 rings (SSSR count). The van der Waals surface area contributed by atoms with Crippen molar-refractivity contribution in [1.29, 1.82) is 0 Å². The quantitative estimate of drug-likeness (QED) is 0.263. The molecule has 1 amide bonds. The van der Waals surface area contributed by atoms with Crippen LogP contribution in [0.1, 0.15) is 29.7 Å². The summed E-state index contributed by atoms with van der Waals surface area (Å²) in [6, 6.07) is 18.4. The highest BCUT2D eigenvalue weighted by Gasteiger charge is 2.38. The number of carbonyl (C=O) groups is 1. The molecule has 1 aromatic heterocycles. The second-order valence-corrected chi connectivity index (χ2v) is 9.04. The molecule has 0 aliphatic carbocycles. The van der Waals surface area contributed by atoms with E-state index in [4.69, 9.17) is 9.84 Å². The van der Waals surface area contributed by atoms with E-state index in [2.05, 4.69) is 15.6 Å². The lowest BCUT2D eigenvalue weighted by Crippen LogP contribution is -2.32. The molecule has 0 fully saturated rings. The van der Waals surface area contributed by atoms with E-state index in [0.29, 0.717) is 34.5 Å². The number of amides is 1. The number of nitrogens with one attached hydrogen (secondary N) is 2. The van der Waals surface area contributed by atoms with Crippen LogP contribution in [0.3, 0.4) is 0 Å². The number of nitro benzene ring substituents is 1. The lowest BCUT2D eigenvalue weighted by atomic mass is 9.93. The number of nitrogens with zero attached hydrogens (tertiary/aromatic N) is 4. The van der Waals surface area contributed by atoms with Gasteiger partial charge in [0.2, 0.25) is 5.95 Å². The number of ether oxygens (including phenoxy) is 1. The number of fused-ring (bicyclic) bond motifs is 1. The molecule has 3 aromatic carbocycles. The van der Waals surface area contributed by atoms with Crippen LogP contribution in [-0.2, 0) is 4.79 Å². The summed E-state index contributed by atoms with van der Waals surface area (Å²) in [5.41, 5.74) is 4.48. The van der Waals surface area contributed by atoms with Crippen LogP contribution in [0.15, 0.2) is 78.0 Å². The average Bonchev–Trinajstić information content (AvgIpc) is 3.33. The molecular formula is C28H26N6O4. The SMILES string of the molecule is COc1ccccc1NC(=O)C1=C(C)Nc2nc(-c3ccc(C)c(C)c3)nn2C1c1ccccc1[N+](=O)[O-]. The Hall–Kier alpha value is -4.99. The topological polar surface area (TPSA) is 124 Å². The summed E-state index contributed by atoms with van der Waals surface area (Å²) in [5, 5.41) is 22.8. The van der Waals surface area contributed by atoms with Gasteiger partial charge >= 0.3 is 0 Å². The molecule has 1 unspecified atom stereocenters. The third-order valence-electron chi connectivity index (χ3n) is 6.65. The van der Waals surface area contributed by atoms with Gasteiger partial charge in [0.1, 0.15) is 11.8 Å². The Labute approximate surface area is 219 Å². The van der Waals surface area contributed by atoms with Crippen molar-refractivity contribution in [2.45, 2.75) is 26.8 Å².